The summed E-state index contributed by atoms with van der Waals surface area (Å²) in [6.45, 7) is 5.96. The zero-order valence-electron chi connectivity index (χ0n) is 10.3. The second-order valence-corrected chi connectivity index (χ2v) is 4.31. The van der Waals surface area contributed by atoms with Crippen LogP contribution in [0.1, 0.15) is 34.2 Å². The van der Waals surface area contributed by atoms with Crippen LogP contribution in [0.4, 0.5) is 0 Å². The van der Waals surface area contributed by atoms with E-state index in [2.05, 4.69) is 9.97 Å². The average Bonchev–Trinajstić information content (AvgIpc) is 2.33. The van der Waals surface area contributed by atoms with Gasteiger partial charge in [0.15, 0.2) is 5.82 Å². The zero-order chi connectivity index (χ0) is 12.4. The fraction of sp³-hybridized carbons (Fsp3) is 0.286. The Morgan fingerprint density at radius 1 is 1.06 bits per heavy atom. The Kier molecular flexibility index (Phi) is 3.20. The molecule has 0 fully saturated rings. The molecule has 88 valence electrons. The maximum Gasteiger partial charge on any atom is 0.161 e. The topological polar surface area (TPSA) is 46.0 Å². The van der Waals surface area contributed by atoms with Crippen LogP contribution in [0.15, 0.2) is 30.6 Å². The van der Waals surface area contributed by atoms with Gasteiger partial charge in [-0.05, 0) is 43.0 Å². The number of hydrogen-bond donors (Lipinski definition) is 1. The number of benzene rings is 1. The molecule has 0 aliphatic rings. The molecule has 0 bridgehead atoms. The molecule has 1 unspecified atom stereocenters. The Morgan fingerprint density at radius 2 is 1.71 bits per heavy atom. The van der Waals surface area contributed by atoms with E-state index in [1.807, 2.05) is 39.0 Å². The van der Waals surface area contributed by atoms with E-state index in [0.717, 1.165) is 22.3 Å². The van der Waals surface area contributed by atoms with Crippen LogP contribution in [0.25, 0.3) is 0 Å². The largest absolute Gasteiger partial charge is 0.380 e. The van der Waals surface area contributed by atoms with Crippen LogP contribution in [-0.2, 0) is 0 Å². The zero-order valence-corrected chi connectivity index (χ0v) is 10.3. The highest BCUT2D eigenvalue weighted by Gasteiger charge is 2.15. The van der Waals surface area contributed by atoms with Gasteiger partial charge < -0.3 is 5.11 Å². The van der Waals surface area contributed by atoms with E-state index < -0.39 is 6.10 Å². The van der Waals surface area contributed by atoms with Gasteiger partial charge in [-0.2, -0.15) is 0 Å². The molecular weight excluding hydrogens is 212 g/mol. The molecule has 1 aromatic heterocycles. The molecule has 0 spiro atoms. The summed E-state index contributed by atoms with van der Waals surface area (Å²) >= 11 is 0. The molecule has 0 saturated carbocycles. The van der Waals surface area contributed by atoms with Crippen LogP contribution < -0.4 is 0 Å². The van der Waals surface area contributed by atoms with Crippen LogP contribution in [0.3, 0.4) is 0 Å². The van der Waals surface area contributed by atoms with Gasteiger partial charge in [-0.25, -0.2) is 9.97 Å². The molecule has 1 atom stereocenters. The summed E-state index contributed by atoms with van der Waals surface area (Å²) < 4.78 is 0. The summed E-state index contributed by atoms with van der Waals surface area (Å²) in [6, 6.07) is 5.88. The predicted octanol–water partition coefficient (Wildman–Crippen LogP) is 2.48. The third kappa shape index (κ3) is 2.34. The number of aromatic nitrogens is 2. The van der Waals surface area contributed by atoms with Crippen LogP contribution >= 0.6 is 0 Å². The van der Waals surface area contributed by atoms with Crippen molar-refractivity contribution < 1.29 is 5.11 Å². The minimum atomic E-state index is -0.754. The lowest BCUT2D eigenvalue weighted by Gasteiger charge is -2.14. The van der Waals surface area contributed by atoms with Crippen molar-refractivity contribution in [1.82, 2.24) is 9.97 Å². The van der Waals surface area contributed by atoms with Crippen molar-refractivity contribution in [2.24, 2.45) is 0 Å². The van der Waals surface area contributed by atoms with Crippen molar-refractivity contribution in [3.05, 3.63) is 58.7 Å². The van der Waals surface area contributed by atoms with Gasteiger partial charge in [0.2, 0.25) is 0 Å². The van der Waals surface area contributed by atoms with E-state index in [0.29, 0.717) is 5.82 Å². The number of nitrogens with zero attached hydrogens (tertiary/aromatic N) is 2. The number of aryl methyl sites for hydroxylation is 2. The fourth-order valence-corrected chi connectivity index (χ4v) is 1.75. The molecule has 0 amide bonds. The Balaban J connectivity index is 2.40. The summed E-state index contributed by atoms with van der Waals surface area (Å²) in [5.41, 5.74) is 4.11. The first-order valence-corrected chi connectivity index (χ1v) is 5.62. The highest BCUT2D eigenvalue weighted by atomic mass is 16.3. The molecule has 1 N–H and O–H groups in total. The molecule has 0 saturated heterocycles. The molecule has 3 nitrogen and oxygen atoms in total. The SMILES string of the molecule is Cc1cnc(C(O)c2cccc(C)c2C)nc1. The van der Waals surface area contributed by atoms with Gasteiger partial charge in [-0.15, -0.1) is 0 Å². The first kappa shape index (κ1) is 11.7. The lowest BCUT2D eigenvalue weighted by Crippen LogP contribution is -2.07. The molecule has 2 rings (SSSR count). The first-order valence-electron chi connectivity index (χ1n) is 5.62. The third-order valence-corrected chi connectivity index (χ3v) is 2.99. The van der Waals surface area contributed by atoms with E-state index in [1.54, 1.807) is 12.4 Å². The molecule has 0 radical (unpaired) electrons. The molecule has 1 heterocycles. The summed E-state index contributed by atoms with van der Waals surface area (Å²) in [4.78, 5) is 8.33. The number of hydrogen-bond acceptors (Lipinski definition) is 3. The molecular formula is C14H16N2O. The third-order valence-electron chi connectivity index (χ3n) is 2.99. The summed E-state index contributed by atoms with van der Waals surface area (Å²) in [5.74, 6) is 0.448. The number of rotatable bonds is 2. The standard InChI is InChI=1S/C14H16N2O/c1-9-7-15-14(16-8-9)13(17)12-6-4-5-10(2)11(12)3/h4-8,13,17H,1-3H3. The highest BCUT2D eigenvalue weighted by molar-refractivity contribution is 5.36. The van der Waals surface area contributed by atoms with Crippen molar-refractivity contribution in [2.75, 3.05) is 0 Å². The van der Waals surface area contributed by atoms with E-state index in [4.69, 9.17) is 0 Å². The van der Waals surface area contributed by atoms with Crippen LogP contribution in [-0.4, -0.2) is 15.1 Å². The fourth-order valence-electron chi connectivity index (χ4n) is 1.75. The Hall–Kier alpha value is -1.74. The van der Waals surface area contributed by atoms with Gasteiger partial charge in [-0.3, -0.25) is 0 Å². The normalized spacial score (nSPS) is 12.5. The van der Waals surface area contributed by atoms with Gasteiger partial charge in [0, 0.05) is 12.4 Å². The van der Waals surface area contributed by atoms with Gasteiger partial charge in [0.1, 0.15) is 6.10 Å². The minimum absolute atomic E-state index is 0.448. The minimum Gasteiger partial charge on any atom is -0.380 e. The Morgan fingerprint density at radius 3 is 2.35 bits per heavy atom. The number of aliphatic hydroxyl groups is 1. The first-order chi connectivity index (χ1) is 8.09. The average molecular weight is 228 g/mol. The van der Waals surface area contributed by atoms with Crippen molar-refractivity contribution in [3.63, 3.8) is 0 Å². The maximum absolute atomic E-state index is 10.3. The smallest absolute Gasteiger partial charge is 0.161 e. The van der Waals surface area contributed by atoms with Crippen molar-refractivity contribution in [3.8, 4) is 0 Å². The van der Waals surface area contributed by atoms with Gasteiger partial charge in [0.25, 0.3) is 0 Å². The number of aliphatic hydroxyl groups excluding tert-OH is 1. The molecule has 2 aromatic rings. The van der Waals surface area contributed by atoms with Gasteiger partial charge in [0.05, 0.1) is 0 Å². The highest BCUT2D eigenvalue weighted by Crippen LogP contribution is 2.23. The van der Waals surface area contributed by atoms with Crippen LogP contribution in [0, 0.1) is 20.8 Å². The van der Waals surface area contributed by atoms with Crippen LogP contribution in [0.5, 0.6) is 0 Å². The van der Waals surface area contributed by atoms with Crippen molar-refractivity contribution in [1.29, 1.82) is 0 Å². The Bertz CT molecular complexity index is 520. The van der Waals surface area contributed by atoms with E-state index in [1.165, 1.54) is 0 Å². The molecule has 17 heavy (non-hydrogen) atoms. The second kappa shape index (κ2) is 4.63. The van der Waals surface area contributed by atoms with Crippen molar-refractivity contribution in [2.45, 2.75) is 26.9 Å². The lowest BCUT2D eigenvalue weighted by atomic mass is 9.99. The van der Waals surface area contributed by atoms with E-state index in [-0.39, 0.29) is 0 Å². The van der Waals surface area contributed by atoms with E-state index in [9.17, 15) is 5.11 Å². The van der Waals surface area contributed by atoms with E-state index >= 15 is 0 Å². The van der Waals surface area contributed by atoms with Gasteiger partial charge in [-0.1, -0.05) is 18.2 Å². The van der Waals surface area contributed by atoms with Gasteiger partial charge >= 0.3 is 0 Å². The summed E-state index contributed by atoms with van der Waals surface area (Å²) in [7, 11) is 0. The molecule has 0 aliphatic carbocycles. The molecule has 0 aliphatic heterocycles. The summed E-state index contributed by atoms with van der Waals surface area (Å²) in [6.07, 6.45) is 2.68. The monoisotopic (exact) mass is 228 g/mol. The second-order valence-electron chi connectivity index (χ2n) is 4.31. The maximum atomic E-state index is 10.3. The van der Waals surface area contributed by atoms with Crippen LogP contribution in [0.2, 0.25) is 0 Å². The molecule has 1 aromatic carbocycles. The Labute approximate surface area is 101 Å². The lowest BCUT2D eigenvalue weighted by molar-refractivity contribution is 0.209. The van der Waals surface area contributed by atoms with Crippen molar-refractivity contribution >= 4 is 0 Å². The quantitative estimate of drug-likeness (QED) is 0.859. The predicted molar refractivity (Wildman–Crippen MR) is 66.7 cm³/mol. The summed E-state index contributed by atoms with van der Waals surface area (Å²) in [5, 5.41) is 10.3. The molecule has 3 heteroatoms.